The van der Waals surface area contributed by atoms with Gasteiger partial charge in [-0.3, -0.25) is 4.79 Å². The lowest BCUT2D eigenvalue weighted by Crippen LogP contribution is -2.58. The van der Waals surface area contributed by atoms with E-state index in [1.165, 1.54) is 23.4 Å². The summed E-state index contributed by atoms with van der Waals surface area (Å²) in [5, 5.41) is 10.6. The molecule has 1 N–H and O–H groups in total. The van der Waals surface area contributed by atoms with Gasteiger partial charge in [0.1, 0.15) is 17.4 Å². The summed E-state index contributed by atoms with van der Waals surface area (Å²) in [5.74, 6) is 0.380. The summed E-state index contributed by atoms with van der Waals surface area (Å²) in [6.07, 6.45) is 2.89. The Morgan fingerprint density at radius 3 is 2.85 bits per heavy atom. The van der Waals surface area contributed by atoms with Gasteiger partial charge >= 0.3 is 5.97 Å². The zero-order chi connectivity index (χ0) is 18.7. The SMILES string of the molecule is CC1(C)SCCN(S(=O)(=O)c2ccc3c4c(oc3c2)CCC4)C1C(=O)O. The van der Waals surface area contributed by atoms with Crippen LogP contribution in [0.3, 0.4) is 0 Å². The van der Waals surface area contributed by atoms with E-state index in [0.717, 1.165) is 34.7 Å². The van der Waals surface area contributed by atoms with Gasteiger partial charge in [0, 0.05) is 40.5 Å². The topological polar surface area (TPSA) is 87.8 Å². The lowest BCUT2D eigenvalue weighted by Gasteiger charge is -2.42. The van der Waals surface area contributed by atoms with Gasteiger partial charge in [0.25, 0.3) is 0 Å². The van der Waals surface area contributed by atoms with Gasteiger partial charge in [-0.1, -0.05) is 0 Å². The monoisotopic (exact) mass is 395 g/mol. The van der Waals surface area contributed by atoms with Crippen molar-refractivity contribution in [1.82, 2.24) is 4.31 Å². The number of hydrogen-bond acceptors (Lipinski definition) is 5. The molecule has 2 aromatic rings. The number of furan rings is 1. The summed E-state index contributed by atoms with van der Waals surface area (Å²) < 4.78 is 32.7. The summed E-state index contributed by atoms with van der Waals surface area (Å²) in [6, 6.07) is 3.79. The molecule has 1 aliphatic carbocycles. The molecule has 1 saturated heterocycles. The van der Waals surface area contributed by atoms with Gasteiger partial charge < -0.3 is 9.52 Å². The standard InChI is InChI=1S/C18H21NO5S2/c1-18(2)16(17(20)21)19(8-9-25-18)26(22,23)11-6-7-13-12-4-3-5-14(12)24-15(13)10-11/h6-7,10,16H,3-5,8-9H2,1-2H3,(H,20,21). The Labute approximate surface area is 156 Å². The Kier molecular flexibility index (Phi) is 4.13. The van der Waals surface area contributed by atoms with Gasteiger partial charge in [-0.2, -0.15) is 16.1 Å². The maximum atomic E-state index is 13.2. The van der Waals surface area contributed by atoms with Gasteiger partial charge in [0.2, 0.25) is 10.0 Å². The normalized spacial score (nSPS) is 23.2. The number of rotatable bonds is 3. The molecular weight excluding hydrogens is 374 g/mol. The maximum absolute atomic E-state index is 13.2. The molecule has 8 heteroatoms. The Balaban J connectivity index is 1.78. The van der Waals surface area contributed by atoms with Crippen molar-refractivity contribution in [2.24, 2.45) is 0 Å². The van der Waals surface area contributed by atoms with Crippen LogP contribution in [0.4, 0.5) is 0 Å². The molecule has 1 fully saturated rings. The minimum atomic E-state index is -3.93. The number of nitrogens with zero attached hydrogens (tertiary/aromatic N) is 1. The van der Waals surface area contributed by atoms with Crippen LogP contribution in [-0.2, 0) is 27.7 Å². The highest BCUT2D eigenvalue weighted by Gasteiger charge is 2.48. The van der Waals surface area contributed by atoms with Crippen LogP contribution in [0.25, 0.3) is 11.0 Å². The van der Waals surface area contributed by atoms with E-state index in [1.54, 1.807) is 26.0 Å². The van der Waals surface area contributed by atoms with Crippen molar-refractivity contribution < 1.29 is 22.7 Å². The summed E-state index contributed by atoms with van der Waals surface area (Å²) in [4.78, 5) is 11.9. The van der Waals surface area contributed by atoms with Gasteiger partial charge in [-0.25, -0.2) is 8.42 Å². The van der Waals surface area contributed by atoms with E-state index in [4.69, 9.17) is 4.42 Å². The Bertz CT molecular complexity index is 992. The van der Waals surface area contributed by atoms with Crippen molar-refractivity contribution in [2.45, 2.75) is 48.8 Å². The van der Waals surface area contributed by atoms with Crippen LogP contribution in [0.1, 0.15) is 31.6 Å². The van der Waals surface area contributed by atoms with E-state index in [9.17, 15) is 18.3 Å². The van der Waals surface area contributed by atoms with Crippen LogP contribution in [0.5, 0.6) is 0 Å². The van der Waals surface area contributed by atoms with E-state index in [2.05, 4.69) is 0 Å². The molecule has 6 nitrogen and oxygen atoms in total. The van der Waals surface area contributed by atoms with Crippen molar-refractivity contribution in [1.29, 1.82) is 0 Å². The number of fused-ring (bicyclic) bond motifs is 3. The number of benzene rings is 1. The molecule has 0 amide bonds. The van der Waals surface area contributed by atoms with Crippen molar-refractivity contribution in [3.05, 3.63) is 29.5 Å². The highest BCUT2D eigenvalue weighted by atomic mass is 32.2. The second kappa shape index (κ2) is 6.00. The van der Waals surface area contributed by atoms with E-state index in [1.807, 2.05) is 0 Å². The van der Waals surface area contributed by atoms with Gasteiger partial charge in [0.05, 0.1) is 4.90 Å². The first kappa shape index (κ1) is 17.9. The number of carboxylic acids is 1. The van der Waals surface area contributed by atoms with Crippen molar-refractivity contribution >= 4 is 38.7 Å². The number of carbonyl (C=O) groups is 1. The van der Waals surface area contributed by atoms with Crippen LogP contribution in [0.2, 0.25) is 0 Å². The molecule has 2 aliphatic rings. The fourth-order valence-corrected chi connectivity index (χ4v) is 7.12. The lowest BCUT2D eigenvalue weighted by atomic mass is 10.0. The maximum Gasteiger partial charge on any atom is 0.323 e. The minimum Gasteiger partial charge on any atom is -0.480 e. The zero-order valence-corrected chi connectivity index (χ0v) is 16.3. The molecule has 1 unspecified atom stereocenters. The summed E-state index contributed by atoms with van der Waals surface area (Å²) >= 11 is 1.48. The van der Waals surface area contributed by atoms with Crippen LogP contribution in [0.15, 0.2) is 27.5 Å². The lowest BCUT2D eigenvalue weighted by molar-refractivity contribution is -0.142. The van der Waals surface area contributed by atoms with Crippen LogP contribution in [0, 0.1) is 0 Å². The Morgan fingerprint density at radius 1 is 1.35 bits per heavy atom. The predicted octanol–water partition coefficient (Wildman–Crippen LogP) is 2.89. The summed E-state index contributed by atoms with van der Waals surface area (Å²) in [6.45, 7) is 3.73. The first-order valence-corrected chi connectivity index (χ1v) is 11.1. The van der Waals surface area contributed by atoms with Crippen molar-refractivity contribution in [3.63, 3.8) is 0 Å². The molecule has 1 aliphatic heterocycles. The molecule has 26 heavy (non-hydrogen) atoms. The predicted molar refractivity (Wildman–Crippen MR) is 100 cm³/mol. The number of hydrogen-bond donors (Lipinski definition) is 1. The number of aryl methyl sites for hydroxylation is 2. The van der Waals surface area contributed by atoms with Crippen LogP contribution in [-0.4, -0.2) is 46.9 Å². The van der Waals surface area contributed by atoms with Crippen LogP contribution < -0.4 is 0 Å². The molecule has 2 heterocycles. The van der Waals surface area contributed by atoms with Gasteiger partial charge in [0.15, 0.2) is 0 Å². The molecule has 0 spiro atoms. The summed E-state index contributed by atoms with van der Waals surface area (Å²) in [5.41, 5.74) is 1.73. The van der Waals surface area contributed by atoms with E-state index in [0.29, 0.717) is 11.3 Å². The third-order valence-corrected chi connectivity index (χ3v) is 8.47. The quantitative estimate of drug-likeness (QED) is 0.860. The number of aliphatic carboxylic acids is 1. The Morgan fingerprint density at radius 2 is 2.12 bits per heavy atom. The molecule has 140 valence electrons. The van der Waals surface area contributed by atoms with Crippen molar-refractivity contribution in [2.75, 3.05) is 12.3 Å². The number of carboxylic acid groups (broad SMARTS) is 1. The van der Waals surface area contributed by atoms with Crippen molar-refractivity contribution in [3.8, 4) is 0 Å². The highest BCUT2D eigenvalue weighted by Crippen LogP contribution is 2.39. The second-order valence-electron chi connectivity index (χ2n) is 7.32. The van der Waals surface area contributed by atoms with Crippen LogP contribution >= 0.6 is 11.8 Å². The number of sulfonamides is 1. The number of thioether (sulfide) groups is 1. The van der Waals surface area contributed by atoms with Gasteiger partial charge in [-0.15, -0.1) is 0 Å². The second-order valence-corrected chi connectivity index (χ2v) is 11.0. The highest BCUT2D eigenvalue weighted by molar-refractivity contribution is 8.00. The molecule has 0 radical (unpaired) electrons. The zero-order valence-electron chi connectivity index (χ0n) is 14.7. The third kappa shape index (κ3) is 2.66. The fourth-order valence-electron chi connectivity index (χ4n) is 4.01. The molecule has 1 aromatic heterocycles. The van der Waals surface area contributed by atoms with E-state index >= 15 is 0 Å². The molecule has 1 atom stereocenters. The smallest absolute Gasteiger partial charge is 0.323 e. The van der Waals surface area contributed by atoms with E-state index in [-0.39, 0.29) is 11.4 Å². The average molecular weight is 396 g/mol. The summed E-state index contributed by atoms with van der Waals surface area (Å²) in [7, 11) is -3.93. The van der Waals surface area contributed by atoms with Gasteiger partial charge in [-0.05, 0) is 38.8 Å². The van der Waals surface area contributed by atoms with E-state index < -0.39 is 26.8 Å². The molecule has 4 rings (SSSR count). The molecular formula is C18H21NO5S2. The molecule has 0 saturated carbocycles. The first-order chi connectivity index (χ1) is 12.2. The fraction of sp³-hybridized carbons (Fsp3) is 0.500. The molecule has 0 bridgehead atoms. The largest absolute Gasteiger partial charge is 0.480 e. The Hall–Kier alpha value is -1.51. The first-order valence-electron chi connectivity index (χ1n) is 8.65. The minimum absolute atomic E-state index is 0.0892. The average Bonchev–Trinajstić information content (AvgIpc) is 3.13. The molecule has 1 aromatic carbocycles. The third-order valence-electron chi connectivity index (χ3n) is 5.25.